The van der Waals surface area contributed by atoms with Gasteiger partial charge in [0.15, 0.2) is 23.2 Å². The lowest BCUT2D eigenvalue weighted by Crippen LogP contribution is -2.42. The molecular weight excluding hydrogens is 570 g/mol. The molecule has 1 aliphatic heterocycles. The fraction of sp³-hybridized carbons (Fsp3) is 0.481. The largest absolute Gasteiger partial charge is 0.462 e. The number of alkyl halides is 1. The summed E-state index contributed by atoms with van der Waals surface area (Å²) in [7, 11) is -0.778. The summed E-state index contributed by atoms with van der Waals surface area (Å²) in [6.45, 7) is 5.81. The maximum Gasteiger partial charge on any atom is 0.459 e. The zero-order valence-electron chi connectivity index (χ0n) is 24.1. The van der Waals surface area contributed by atoms with Gasteiger partial charge in [-0.1, -0.05) is 24.1 Å². The summed E-state index contributed by atoms with van der Waals surface area (Å²) in [4.78, 5) is 27.2. The van der Waals surface area contributed by atoms with E-state index in [1.54, 1.807) is 58.0 Å². The van der Waals surface area contributed by atoms with Gasteiger partial charge in [0.25, 0.3) is 0 Å². The van der Waals surface area contributed by atoms with E-state index in [0.29, 0.717) is 17.2 Å². The van der Waals surface area contributed by atoms with Gasteiger partial charge >= 0.3 is 13.7 Å². The first-order valence-electron chi connectivity index (χ1n) is 13.1. The zero-order chi connectivity index (χ0) is 30.8. The monoisotopic (exact) mass is 604 g/mol. The van der Waals surface area contributed by atoms with Crippen LogP contribution in [0.2, 0.25) is 0 Å². The minimum absolute atomic E-state index is 0.170. The van der Waals surface area contributed by atoms with Crippen molar-refractivity contribution in [2.24, 2.45) is 0 Å². The van der Waals surface area contributed by atoms with Gasteiger partial charge < -0.3 is 24.0 Å². The van der Waals surface area contributed by atoms with Gasteiger partial charge in [-0.3, -0.25) is 13.9 Å². The Bertz CT molecular complexity index is 1510. The number of hydrogen-bond acceptors (Lipinski definition) is 11. The molecule has 2 N–H and O–H groups in total. The lowest BCUT2D eigenvalue weighted by molar-refractivity contribution is -0.149. The van der Waals surface area contributed by atoms with Crippen molar-refractivity contribution in [3.63, 3.8) is 0 Å². The van der Waals surface area contributed by atoms with E-state index in [-0.39, 0.29) is 11.4 Å². The Morgan fingerprint density at radius 2 is 2.00 bits per heavy atom. The number of nitrogens with one attached hydrogen (secondary N) is 1. The molecule has 15 heteroatoms. The number of halogens is 1. The van der Waals surface area contributed by atoms with Crippen molar-refractivity contribution in [2.75, 3.05) is 25.6 Å². The Morgan fingerprint density at radius 1 is 1.31 bits per heavy atom. The Labute approximate surface area is 242 Å². The summed E-state index contributed by atoms with van der Waals surface area (Å²) in [6.07, 6.45) is 1.57. The number of para-hydroxylation sites is 1. The molecule has 13 nitrogen and oxygen atoms in total. The van der Waals surface area contributed by atoms with Gasteiger partial charge in [0, 0.05) is 14.1 Å². The van der Waals surface area contributed by atoms with Crippen LogP contribution in [0.4, 0.5) is 10.2 Å². The van der Waals surface area contributed by atoms with Gasteiger partial charge in [-0.15, -0.1) is 6.42 Å². The number of aliphatic hydroxyl groups excluding tert-OH is 1. The summed E-state index contributed by atoms with van der Waals surface area (Å²) in [6, 6.07) is 6.99. The number of aryl methyl sites for hydroxylation is 1. The van der Waals surface area contributed by atoms with E-state index in [1.165, 1.54) is 30.0 Å². The van der Waals surface area contributed by atoms with Crippen LogP contribution in [0.3, 0.4) is 0 Å². The summed E-state index contributed by atoms with van der Waals surface area (Å²) in [5.41, 5.74) is -2.14. The molecule has 3 aromatic rings. The number of fused-ring (bicyclic) bond motifs is 1. The topological polar surface area (TPSA) is 150 Å². The predicted octanol–water partition coefficient (Wildman–Crippen LogP) is 2.93. The molecule has 4 rings (SSSR count). The van der Waals surface area contributed by atoms with Crippen LogP contribution in [0.15, 0.2) is 36.7 Å². The molecule has 0 spiro atoms. The van der Waals surface area contributed by atoms with E-state index in [4.69, 9.17) is 24.9 Å². The van der Waals surface area contributed by atoms with Gasteiger partial charge in [-0.25, -0.2) is 23.9 Å². The number of benzene rings is 1. The second kappa shape index (κ2) is 12.3. The number of hydrogen-bond donors (Lipinski definition) is 2. The molecule has 2 aromatic heterocycles. The van der Waals surface area contributed by atoms with E-state index in [9.17, 15) is 14.5 Å². The molecule has 6 atom stereocenters. The first kappa shape index (κ1) is 31.3. The number of carbonyl (C=O) groups is 1. The molecule has 1 unspecified atom stereocenters. The third-order valence-corrected chi connectivity index (χ3v) is 7.94. The summed E-state index contributed by atoms with van der Waals surface area (Å²) in [5, 5.41) is 13.5. The number of nitrogens with zero attached hydrogens (tertiary/aromatic N) is 5. The van der Waals surface area contributed by atoms with Crippen molar-refractivity contribution in [2.45, 2.75) is 63.9 Å². The molecule has 0 bridgehead atoms. The van der Waals surface area contributed by atoms with Gasteiger partial charge in [-0.05, 0) is 39.8 Å². The number of ether oxygens (including phenoxy) is 2. The van der Waals surface area contributed by atoms with Crippen molar-refractivity contribution < 1.29 is 37.4 Å². The number of rotatable bonds is 11. The predicted molar refractivity (Wildman–Crippen MR) is 151 cm³/mol. The molecule has 1 fully saturated rings. The molecule has 1 aliphatic rings. The van der Waals surface area contributed by atoms with Crippen molar-refractivity contribution in [1.82, 2.24) is 24.6 Å². The highest BCUT2D eigenvalue weighted by Crippen LogP contribution is 2.48. The van der Waals surface area contributed by atoms with Crippen LogP contribution in [0.5, 0.6) is 5.75 Å². The maximum atomic E-state index is 16.3. The quantitative estimate of drug-likeness (QED) is 0.188. The van der Waals surface area contributed by atoms with Crippen molar-refractivity contribution >= 4 is 30.7 Å². The second-order valence-electron chi connectivity index (χ2n) is 10.2. The third-order valence-electron chi connectivity index (χ3n) is 6.29. The number of carbonyl (C=O) groups excluding carboxylic acids is 1. The van der Waals surface area contributed by atoms with E-state index in [1.807, 2.05) is 5.92 Å². The number of aliphatic hydroxyl groups is 1. The Morgan fingerprint density at radius 3 is 2.62 bits per heavy atom. The molecule has 226 valence electrons. The van der Waals surface area contributed by atoms with Gasteiger partial charge in [0.05, 0.1) is 19.0 Å². The van der Waals surface area contributed by atoms with E-state index in [2.05, 4.69) is 20.0 Å². The molecule has 42 heavy (non-hydrogen) atoms. The third kappa shape index (κ3) is 6.40. The van der Waals surface area contributed by atoms with E-state index >= 15 is 4.39 Å². The lowest BCUT2D eigenvalue weighted by Gasteiger charge is -2.25. The van der Waals surface area contributed by atoms with Crippen LogP contribution in [-0.2, 0) is 23.4 Å². The highest BCUT2D eigenvalue weighted by molar-refractivity contribution is 7.52. The highest BCUT2D eigenvalue weighted by Gasteiger charge is 2.58. The SMILES string of the molecule is C#C[C@@]1(F)[C@H](O)[C@@H](COP(=O)(N[C@H](C)C(=O)OC(C)C)Oc2ccccc2)O[C@H]1n1cnc2c(N(C)C)nc(C)nc21. The molecule has 1 saturated heterocycles. The standard InChI is InChI=1S/C27H34FN6O7P/c1-8-27(28)22(35)20(40-26(27)34-15-29-21-23(33(6)7)30-18(5)31-24(21)34)14-38-42(37,41-19-12-10-9-11-13-19)32-17(4)25(36)39-16(2)3/h1,9-13,15-17,20,22,26,35H,14H2,2-7H3,(H,32,37)/t17-,20-,22-,26-,27-,42?/m1/s1. The first-order valence-corrected chi connectivity index (χ1v) is 14.7. The molecular formula is C27H34FN6O7P. The van der Waals surface area contributed by atoms with Crippen LogP contribution in [-0.4, -0.2) is 81.3 Å². The number of imidazole rings is 1. The normalized spacial score (nSPS) is 24.2. The molecule has 0 radical (unpaired) electrons. The summed E-state index contributed by atoms with van der Waals surface area (Å²) in [5.74, 6) is 2.37. The molecule has 0 saturated carbocycles. The molecule has 3 heterocycles. The van der Waals surface area contributed by atoms with E-state index in [0.717, 1.165) is 0 Å². The number of aromatic nitrogens is 4. The van der Waals surface area contributed by atoms with Crippen molar-refractivity contribution in [1.29, 1.82) is 0 Å². The lowest BCUT2D eigenvalue weighted by atomic mass is 9.97. The number of terminal acetylenes is 1. The first-order chi connectivity index (χ1) is 19.8. The van der Waals surface area contributed by atoms with Crippen LogP contribution in [0, 0.1) is 19.3 Å². The Kier molecular flexibility index (Phi) is 9.20. The van der Waals surface area contributed by atoms with Crippen LogP contribution >= 0.6 is 7.75 Å². The molecule has 0 aliphatic carbocycles. The zero-order valence-corrected chi connectivity index (χ0v) is 25.0. The summed E-state index contributed by atoms with van der Waals surface area (Å²) < 4.78 is 53.7. The van der Waals surface area contributed by atoms with Crippen LogP contribution in [0.1, 0.15) is 32.8 Å². The highest BCUT2D eigenvalue weighted by atomic mass is 31.2. The maximum absolute atomic E-state index is 16.3. The van der Waals surface area contributed by atoms with Crippen LogP contribution in [0.25, 0.3) is 11.2 Å². The average molecular weight is 605 g/mol. The Balaban J connectivity index is 1.61. The second-order valence-corrected chi connectivity index (χ2v) is 11.9. The van der Waals surface area contributed by atoms with Gasteiger partial charge in [-0.2, -0.15) is 5.09 Å². The van der Waals surface area contributed by atoms with Gasteiger partial charge in [0.1, 0.15) is 29.8 Å². The fourth-order valence-corrected chi connectivity index (χ4v) is 5.81. The average Bonchev–Trinajstić information content (AvgIpc) is 3.45. The van der Waals surface area contributed by atoms with Crippen LogP contribution < -0.4 is 14.5 Å². The summed E-state index contributed by atoms with van der Waals surface area (Å²) >= 11 is 0. The smallest absolute Gasteiger partial charge is 0.459 e. The number of esters is 1. The Hall–Kier alpha value is -3.60. The van der Waals surface area contributed by atoms with Crippen molar-refractivity contribution in [3.05, 3.63) is 42.5 Å². The fourth-order valence-electron chi connectivity index (χ4n) is 4.31. The molecule has 0 amide bonds. The molecule has 1 aromatic carbocycles. The van der Waals surface area contributed by atoms with Crippen molar-refractivity contribution in [3.8, 4) is 18.1 Å². The van der Waals surface area contributed by atoms with E-state index < -0.39 is 56.6 Å². The minimum atomic E-state index is -4.33. The van der Waals surface area contributed by atoms with Gasteiger partial charge in [0.2, 0.25) is 5.67 Å². The number of anilines is 1. The minimum Gasteiger partial charge on any atom is -0.462 e.